The van der Waals surface area contributed by atoms with Crippen molar-refractivity contribution in [2.24, 2.45) is 4.99 Å². The molecule has 0 aromatic heterocycles. The molecule has 0 bridgehead atoms. The second kappa shape index (κ2) is 9.48. The highest BCUT2D eigenvalue weighted by molar-refractivity contribution is 5.85. The first kappa shape index (κ1) is 20.7. The summed E-state index contributed by atoms with van der Waals surface area (Å²) in [5, 5.41) is 2.42. The Hall–Kier alpha value is -3.59. The van der Waals surface area contributed by atoms with Crippen molar-refractivity contribution in [2.75, 3.05) is 6.61 Å². The van der Waals surface area contributed by atoms with Gasteiger partial charge in [0, 0.05) is 6.21 Å². The van der Waals surface area contributed by atoms with E-state index in [1.807, 2.05) is 31.3 Å². The highest BCUT2D eigenvalue weighted by Crippen LogP contribution is 2.30. The highest BCUT2D eigenvalue weighted by Gasteiger charge is 2.08. The molecule has 4 aromatic rings. The van der Waals surface area contributed by atoms with Gasteiger partial charge in [-0.25, -0.2) is 0 Å². The van der Waals surface area contributed by atoms with Gasteiger partial charge in [0.15, 0.2) is 11.5 Å². The molecule has 0 N–H and O–H groups in total. The van der Waals surface area contributed by atoms with Crippen LogP contribution in [0.25, 0.3) is 10.8 Å². The van der Waals surface area contributed by atoms with Crippen LogP contribution in [0.15, 0.2) is 83.9 Å². The van der Waals surface area contributed by atoms with Crippen molar-refractivity contribution >= 4 is 22.7 Å². The maximum atomic E-state index is 6.17. The number of fused-ring (bicyclic) bond motifs is 1. The number of hydrogen-bond donors (Lipinski definition) is 0. The molecule has 3 nitrogen and oxygen atoms in total. The van der Waals surface area contributed by atoms with Gasteiger partial charge in [0.1, 0.15) is 6.61 Å². The molecule has 0 saturated heterocycles. The molecule has 0 amide bonds. The van der Waals surface area contributed by atoms with Gasteiger partial charge in [-0.15, -0.1) is 0 Å². The van der Waals surface area contributed by atoms with Crippen LogP contribution in [0.3, 0.4) is 0 Å². The van der Waals surface area contributed by atoms with Gasteiger partial charge in [-0.2, -0.15) is 0 Å². The Labute approximate surface area is 184 Å². The van der Waals surface area contributed by atoms with Crippen LogP contribution in [0.5, 0.6) is 11.5 Å². The van der Waals surface area contributed by atoms with Crippen molar-refractivity contribution in [3.8, 4) is 11.5 Å². The number of aliphatic imine (C=N–C) groups is 1. The molecule has 0 aliphatic heterocycles. The summed E-state index contributed by atoms with van der Waals surface area (Å²) >= 11 is 0. The molecule has 0 spiro atoms. The first-order valence-corrected chi connectivity index (χ1v) is 10.6. The average molecular weight is 410 g/mol. The number of benzene rings is 4. The average Bonchev–Trinajstić information content (AvgIpc) is 2.79. The molecular formula is C28H27NO2. The van der Waals surface area contributed by atoms with Crippen molar-refractivity contribution in [1.29, 1.82) is 0 Å². The maximum Gasteiger partial charge on any atom is 0.161 e. The zero-order chi connectivity index (χ0) is 21.6. The summed E-state index contributed by atoms with van der Waals surface area (Å²) in [6, 6.07) is 26.9. The van der Waals surface area contributed by atoms with Crippen LogP contribution in [-0.2, 0) is 6.61 Å². The molecule has 0 aliphatic carbocycles. The van der Waals surface area contributed by atoms with Crippen molar-refractivity contribution in [3.63, 3.8) is 0 Å². The van der Waals surface area contributed by atoms with Crippen LogP contribution in [0.1, 0.15) is 29.2 Å². The van der Waals surface area contributed by atoms with E-state index >= 15 is 0 Å². The van der Waals surface area contributed by atoms with Crippen molar-refractivity contribution in [2.45, 2.75) is 27.4 Å². The Morgan fingerprint density at radius 3 is 2.52 bits per heavy atom. The maximum absolute atomic E-state index is 6.17. The van der Waals surface area contributed by atoms with E-state index in [1.165, 1.54) is 16.3 Å². The largest absolute Gasteiger partial charge is 0.490 e. The molecule has 0 saturated carbocycles. The molecule has 0 radical (unpaired) electrons. The summed E-state index contributed by atoms with van der Waals surface area (Å²) in [7, 11) is 0. The van der Waals surface area contributed by atoms with Gasteiger partial charge in [-0.05, 0) is 78.1 Å². The fourth-order valence-corrected chi connectivity index (χ4v) is 3.57. The highest BCUT2D eigenvalue weighted by atomic mass is 16.5. The molecule has 0 heterocycles. The molecule has 156 valence electrons. The number of ether oxygens (including phenoxy) is 2. The van der Waals surface area contributed by atoms with Crippen LogP contribution < -0.4 is 9.47 Å². The van der Waals surface area contributed by atoms with E-state index in [-0.39, 0.29) is 0 Å². The van der Waals surface area contributed by atoms with Crippen LogP contribution in [0, 0.1) is 13.8 Å². The van der Waals surface area contributed by atoms with Crippen LogP contribution in [0.4, 0.5) is 5.69 Å². The standard InChI is InChI=1S/C28H27NO2/c1-4-30-28-17-22(18-29-26-16-20(2)12-13-21(26)3)14-15-27(28)31-19-24-10-7-9-23-8-5-6-11-25(23)24/h5-18H,4,19H2,1-3H3. The Kier molecular flexibility index (Phi) is 6.32. The Morgan fingerprint density at radius 2 is 1.65 bits per heavy atom. The minimum absolute atomic E-state index is 0.483. The van der Waals surface area contributed by atoms with Gasteiger partial charge >= 0.3 is 0 Å². The van der Waals surface area contributed by atoms with Crippen LogP contribution >= 0.6 is 0 Å². The minimum atomic E-state index is 0.483. The summed E-state index contributed by atoms with van der Waals surface area (Å²) in [6.45, 7) is 7.18. The third-order valence-corrected chi connectivity index (χ3v) is 5.25. The SMILES string of the molecule is CCOc1cc(C=Nc2cc(C)ccc2C)ccc1OCc1cccc2ccccc12. The number of hydrogen-bond acceptors (Lipinski definition) is 3. The summed E-state index contributed by atoms with van der Waals surface area (Å²) in [6.07, 6.45) is 1.87. The van der Waals surface area contributed by atoms with E-state index in [0.29, 0.717) is 13.2 Å². The first-order valence-electron chi connectivity index (χ1n) is 10.6. The summed E-state index contributed by atoms with van der Waals surface area (Å²) in [4.78, 5) is 4.67. The summed E-state index contributed by atoms with van der Waals surface area (Å²) in [5.41, 5.74) is 5.46. The molecule has 3 heteroatoms. The van der Waals surface area contributed by atoms with Gasteiger partial charge in [0.25, 0.3) is 0 Å². The lowest BCUT2D eigenvalue weighted by molar-refractivity contribution is 0.270. The molecule has 0 unspecified atom stereocenters. The predicted molar refractivity (Wildman–Crippen MR) is 129 cm³/mol. The predicted octanol–water partition coefficient (Wildman–Crippen LogP) is 7.18. The zero-order valence-electron chi connectivity index (χ0n) is 18.3. The zero-order valence-corrected chi connectivity index (χ0v) is 18.3. The van der Waals surface area contributed by atoms with Gasteiger partial charge in [-0.1, -0.05) is 54.6 Å². The quantitative estimate of drug-likeness (QED) is 0.303. The van der Waals surface area contributed by atoms with Gasteiger partial charge < -0.3 is 9.47 Å². The lowest BCUT2D eigenvalue weighted by Gasteiger charge is -2.14. The fraction of sp³-hybridized carbons (Fsp3) is 0.179. The van der Waals surface area contributed by atoms with Gasteiger partial charge in [0.05, 0.1) is 12.3 Å². The Morgan fingerprint density at radius 1 is 0.806 bits per heavy atom. The van der Waals surface area contributed by atoms with Crippen LogP contribution in [0.2, 0.25) is 0 Å². The molecule has 31 heavy (non-hydrogen) atoms. The molecule has 4 rings (SSSR count). The molecule has 0 aliphatic rings. The Bertz CT molecular complexity index is 1220. The monoisotopic (exact) mass is 409 g/mol. The second-order valence-electron chi connectivity index (χ2n) is 7.61. The normalized spacial score (nSPS) is 11.2. The van der Waals surface area contributed by atoms with Crippen molar-refractivity contribution in [3.05, 3.63) is 101 Å². The van der Waals surface area contributed by atoms with E-state index in [0.717, 1.165) is 33.9 Å². The molecule has 4 aromatic carbocycles. The fourth-order valence-electron chi connectivity index (χ4n) is 3.57. The number of rotatable bonds is 7. The molecular weight excluding hydrogens is 382 g/mol. The van der Waals surface area contributed by atoms with Gasteiger partial charge in [-0.3, -0.25) is 4.99 Å². The van der Waals surface area contributed by atoms with Gasteiger partial charge in [0.2, 0.25) is 0 Å². The lowest BCUT2D eigenvalue weighted by atomic mass is 10.1. The number of nitrogens with zero attached hydrogens (tertiary/aromatic N) is 1. The minimum Gasteiger partial charge on any atom is -0.490 e. The molecule has 0 fully saturated rings. The van der Waals surface area contributed by atoms with E-state index in [4.69, 9.17) is 9.47 Å². The van der Waals surface area contributed by atoms with Crippen molar-refractivity contribution in [1.82, 2.24) is 0 Å². The molecule has 0 atom stereocenters. The van der Waals surface area contributed by atoms with E-state index < -0.39 is 0 Å². The lowest BCUT2D eigenvalue weighted by Crippen LogP contribution is -2.01. The topological polar surface area (TPSA) is 30.8 Å². The first-order chi connectivity index (χ1) is 15.1. The Balaban J connectivity index is 1.56. The summed E-state index contributed by atoms with van der Waals surface area (Å²) in [5.74, 6) is 1.46. The third-order valence-electron chi connectivity index (χ3n) is 5.25. The van der Waals surface area contributed by atoms with Crippen LogP contribution in [-0.4, -0.2) is 12.8 Å². The smallest absolute Gasteiger partial charge is 0.161 e. The van der Waals surface area contributed by atoms with E-state index in [2.05, 4.69) is 79.5 Å². The summed E-state index contributed by atoms with van der Waals surface area (Å²) < 4.78 is 12.0. The van der Waals surface area contributed by atoms with E-state index in [9.17, 15) is 0 Å². The van der Waals surface area contributed by atoms with Crippen molar-refractivity contribution < 1.29 is 9.47 Å². The third kappa shape index (κ3) is 4.95. The van der Waals surface area contributed by atoms with E-state index in [1.54, 1.807) is 0 Å². The second-order valence-corrected chi connectivity index (χ2v) is 7.61. The number of aryl methyl sites for hydroxylation is 2.